The number of hydrogen-bond acceptors (Lipinski definition) is 2. The number of anilines is 2. The first kappa shape index (κ1) is 11.4. The van der Waals surface area contributed by atoms with Crippen LogP contribution in [0.25, 0.3) is 0 Å². The topological polar surface area (TPSA) is 24.9 Å². The maximum atomic E-state index is 5.77. The summed E-state index contributed by atoms with van der Waals surface area (Å²) in [6, 6.07) is 9.66. The highest BCUT2D eigenvalue weighted by Gasteiger charge is 2.02. The van der Waals surface area contributed by atoms with Crippen LogP contribution in [0.15, 0.2) is 41.0 Å². The number of rotatable bonds is 2. The number of hydrogen-bond donors (Lipinski definition) is 1. The van der Waals surface area contributed by atoms with E-state index in [0.717, 1.165) is 21.5 Å². The van der Waals surface area contributed by atoms with Crippen molar-refractivity contribution in [3.8, 4) is 0 Å². The van der Waals surface area contributed by atoms with E-state index in [2.05, 4.69) is 26.2 Å². The average Bonchev–Trinajstić information content (AvgIpc) is 2.28. The molecule has 0 fully saturated rings. The van der Waals surface area contributed by atoms with E-state index in [4.69, 9.17) is 11.6 Å². The van der Waals surface area contributed by atoms with E-state index >= 15 is 0 Å². The van der Waals surface area contributed by atoms with Crippen molar-refractivity contribution in [1.29, 1.82) is 0 Å². The third kappa shape index (κ3) is 2.54. The predicted octanol–water partition coefficient (Wildman–Crippen LogP) is 4.55. The SMILES string of the molecule is Cc1c(Br)cccc1Nc1ccc(Cl)cn1. The van der Waals surface area contributed by atoms with Crippen molar-refractivity contribution in [2.45, 2.75) is 6.92 Å². The lowest BCUT2D eigenvalue weighted by molar-refractivity contribution is 1.29. The van der Waals surface area contributed by atoms with Gasteiger partial charge < -0.3 is 5.32 Å². The standard InChI is InChI=1S/C12H10BrClN2/c1-8-10(13)3-2-4-11(8)16-12-6-5-9(14)7-15-12/h2-7H,1H3,(H,15,16). The van der Waals surface area contributed by atoms with Crippen LogP contribution in [0, 0.1) is 6.92 Å². The fourth-order valence-corrected chi connectivity index (χ4v) is 1.81. The molecule has 2 rings (SSSR count). The van der Waals surface area contributed by atoms with E-state index in [-0.39, 0.29) is 0 Å². The second-order valence-electron chi connectivity index (χ2n) is 3.40. The van der Waals surface area contributed by atoms with Gasteiger partial charge in [-0.05, 0) is 36.8 Å². The Morgan fingerprint density at radius 2 is 2.06 bits per heavy atom. The molecule has 2 aromatic rings. The molecule has 16 heavy (non-hydrogen) atoms. The van der Waals surface area contributed by atoms with E-state index < -0.39 is 0 Å². The molecule has 0 bridgehead atoms. The molecule has 82 valence electrons. The molecular formula is C12H10BrClN2. The van der Waals surface area contributed by atoms with Crippen molar-refractivity contribution < 1.29 is 0 Å². The highest BCUT2D eigenvalue weighted by atomic mass is 79.9. The Morgan fingerprint density at radius 1 is 1.25 bits per heavy atom. The van der Waals surface area contributed by atoms with Gasteiger partial charge >= 0.3 is 0 Å². The molecular weight excluding hydrogens is 288 g/mol. The Bertz CT molecular complexity index is 497. The number of aromatic nitrogens is 1. The number of halogens is 2. The van der Waals surface area contributed by atoms with Gasteiger partial charge in [-0.15, -0.1) is 0 Å². The Hall–Kier alpha value is -1.06. The number of pyridine rings is 1. The molecule has 0 aliphatic rings. The second kappa shape index (κ2) is 4.85. The molecule has 0 saturated heterocycles. The van der Waals surface area contributed by atoms with Gasteiger partial charge in [-0.3, -0.25) is 0 Å². The Morgan fingerprint density at radius 3 is 2.75 bits per heavy atom. The maximum Gasteiger partial charge on any atom is 0.130 e. The first-order valence-electron chi connectivity index (χ1n) is 4.80. The van der Waals surface area contributed by atoms with Crippen molar-refractivity contribution in [1.82, 2.24) is 4.98 Å². The number of benzene rings is 1. The van der Waals surface area contributed by atoms with Gasteiger partial charge in [0.15, 0.2) is 0 Å². The van der Waals surface area contributed by atoms with Gasteiger partial charge in [-0.1, -0.05) is 33.6 Å². The Balaban J connectivity index is 2.27. The highest BCUT2D eigenvalue weighted by Crippen LogP contribution is 2.25. The second-order valence-corrected chi connectivity index (χ2v) is 4.69. The molecule has 0 atom stereocenters. The lowest BCUT2D eigenvalue weighted by Crippen LogP contribution is -1.95. The van der Waals surface area contributed by atoms with Crippen molar-refractivity contribution in [3.63, 3.8) is 0 Å². The van der Waals surface area contributed by atoms with Crippen LogP contribution in [0.1, 0.15) is 5.56 Å². The van der Waals surface area contributed by atoms with Crippen LogP contribution in [0.5, 0.6) is 0 Å². The van der Waals surface area contributed by atoms with Crippen LogP contribution in [0.2, 0.25) is 5.02 Å². The molecule has 1 heterocycles. The molecule has 4 heteroatoms. The van der Waals surface area contributed by atoms with Crippen molar-refractivity contribution >= 4 is 39.0 Å². The first-order valence-corrected chi connectivity index (χ1v) is 5.97. The third-order valence-corrected chi connectivity index (χ3v) is 3.34. The molecule has 0 radical (unpaired) electrons. The Labute approximate surface area is 108 Å². The summed E-state index contributed by atoms with van der Waals surface area (Å²) in [7, 11) is 0. The molecule has 0 spiro atoms. The lowest BCUT2D eigenvalue weighted by Gasteiger charge is -2.09. The molecule has 0 aliphatic carbocycles. The van der Waals surface area contributed by atoms with Gasteiger partial charge in [-0.2, -0.15) is 0 Å². The van der Waals surface area contributed by atoms with Crippen LogP contribution in [0.3, 0.4) is 0 Å². The zero-order valence-electron chi connectivity index (χ0n) is 8.67. The molecule has 0 amide bonds. The van der Waals surface area contributed by atoms with Crippen LogP contribution in [-0.2, 0) is 0 Å². The van der Waals surface area contributed by atoms with Crippen molar-refractivity contribution in [2.75, 3.05) is 5.32 Å². The van der Waals surface area contributed by atoms with Gasteiger partial charge in [0.2, 0.25) is 0 Å². The number of nitrogens with one attached hydrogen (secondary N) is 1. The van der Waals surface area contributed by atoms with Gasteiger partial charge in [0.25, 0.3) is 0 Å². The average molecular weight is 298 g/mol. The van der Waals surface area contributed by atoms with E-state index in [9.17, 15) is 0 Å². The molecule has 0 saturated carbocycles. The molecule has 0 unspecified atom stereocenters. The summed E-state index contributed by atoms with van der Waals surface area (Å²) >= 11 is 9.26. The van der Waals surface area contributed by atoms with Gasteiger partial charge in [-0.25, -0.2) is 4.98 Å². The van der Waals surface area contributed by atoms with Gasteiger partial charge in [0.05, 0.1) is 5.02 Å². The monoisotopic (exact) mass is 296 g/mol. The fraction of sp³-hybridized carbons (Fsp3) is 0.0833. The summed E-state index contributed by atoms with van der Waals surface area (Å²) in [6.07, 6.45) is 1.62. The number of nitrogens with zero attached hydrogens (tertiary/aromatic N) is 1. The summed E-state index contributed by atoms with van der Waals surface area (Å²) in [4.78, 5) is 4.19. The smallest absolute Gasteiger partial charge is 0.130 e. The van der Waals surface area contributed by atoms with Crippen LogP contribution in [-0.4, -0.2) is 4.98 Å². The van der Waals surface area contributed by atoms with Crippen molar-refractivity contribution in [3.05, 3.63) is 51.6 Å². The summed E-state index contributed by atoms with van der Waals surface area (Å²) in [5.41, 5.74) is 2.18. The molecule has 0 aliphatic heterocycles. The zero-order valence-corrected chi connectivity index (χ0v) is 11.0. The normalized spacial score (nSPS) is 10.2. The molecule has 1 aromatic carbocycles. The lowest BCUT2D eigenvalue weighted by atomic mass is 10.2. The van der Waals surface area contributed by atoms with Crippen LogP contribution in [0.4, 0.5) is 11.5 Å². The highest BCUT2D eigenvalue weighted by molar-refractivity contribution is 9.10. The van der Waals surface area contributed by atoms with E-state index in [1.165, 1.54) is 0 Å². The summed E-state index contributed by atoms with van der Waals surface area (Å²) in [6.45, 7) is 2.04. The third-order valence-electron chi connectivity index (χ3n) is 2.26. The summed E-state index contributed by atoms with van der Waals surface area (Å²) in [5.74, 6) is 0.783. The molecule has 1 N–H and O–H groups in total. The fourth-order valence-electron chi connectivity index (χ4n) is 1.33. The molecule has 2 nitrogen and oxygen atoms in total. The Kier molecular flexibility index (Phi) is 3.46. The zero-order chi connectivity index (χ0) is 11.5. The van der Waals surface area contributed by atoms with E-state index in [0.29, 0.717) is 5.02 Å². The van der Waals surface area contributed by atoms with E-state index in [1.807, 2.05) is 37.3 Å². The summed E-state index contributed by atoms with van der Waals surface area (Å²) in [5, 5.41) is 3.88. The minimum Gasteiger partial charge on any atom is -0.340 e. The maximum absolute atomic E-state index is 5.77. The minimum absolute atomic E-state index is 0.636. The first-order chi connectivity index (χ1) is 7.66. The quantitative estimate of drug-likeness (QED) is 0.879. The van der Waals surface area contributed by atoms with Gasteiger partial charge in [0, 0.05) is 16.4 Å². The van der Waals surface area contributed by atoms with Crippen LogP contribution < -0.4 is 5.32 Å². The van der Waals surface area contributed by atoms with Gasteiger partial charge in [0.1, 0.15) is 5.82 Å². The van der Waals surface area contributed by atoms with E-state index in [1.54, 1.807) is 6.20 Å². The largest absolute Gasteiger partial charge is 0.340 e. The summed E-state index contributed by atoms with van der Waals surface area (Å²) < 4.78 is 1.08. The molecule has 1 aromatic heterocycles. The minimum atomic E-state index is 0.636. The van der Waals surface area contributed by atoms with Crippen LogP contribution >= 0.6 is 27.5 Å². The van der Waals surface area contributed by atoms with Crippen molar-refractivity contribution in [2.24, 2.45) is 0 Å². The predicted molar refractivity (Wildman–Crippen MR) is 71.4 cm³/mol.